The minimum absolute atomic E-state index is 0. The maximum absolute atomic E-state index is 13.9. The lowest BCUT2D eigenvalue weighted by atomic mass is 9.80. The van der Waals surface area contributed by atoms with E-state index < -0.39 is 73.7 Å². The minimum atomic E-state index is -6.72. The van der Waals surface area contributed by atoms with Gasteiger partial charge in [0.05, 0.1) is 6.10 Å². The van der Waals surface area contributed by atoms with Crippen molar-refractivity contribution in [2.45, 2.75) is 74.8 Å². The Morgan fingerprint density at radius 3 is 1.22 bits per heavy atom. The molecule has 17 heteroatoms. The molecule has 0 spiro atoms. The number of aliphatic hydroxyl groups is 1. The summed E-state index contributed by atoms with van der Waals surface area (Å²) in [5.74, 6) is -3.15. The van der Waals surface area contributed by atoms with Crippen LogP contribution in [0.4, 0.5) is 61.5 Å². The maximum Gasteiger partial charge on any atom is 0.431 e. The molecule has 0 bridgehead atoms. The normalized spacial score (nSPS) is 15.7. The highest BCUT2D eigenvalue weighted by molar-refractivity contribution is 7.99. The van der Waals surface area contributed by atoms with E-state index in [4.69, 9.17) is 5.11 Å². The van der Waals surface area contributed by atoms with E-state index in [1.54, 1.807) is 0 Å². The lowest BCUT2D eigenvalue weighted by Gasteiger charge is -2.37. The molecule has 196 valence electrons. The molecule has 0 saturated carbocycles. The molecule has 0 radical (unpaired) electrons. The summed E-state index contributed by atoms with van der Waals surface area (Å²) in [6, 6.07) is 0. The smallest absolute Gasteiger partial charge is 0.393 e. The third kappa shape index (κ3) is 8.44. The molecule has 0 aromatic carbocycles. The Hall–Kier alpha value is -0.380. The van der Waals surface area contributed by atoms with Crippen LogP contribution < -0.4 is 0 Å². The van der Waals surface area contributed by atoms with Crippen LogP contribution in [-0.4, -0.2) is 58.8 Å². The van der Waals surface area contributed by atoms with Gasteiger partial charge >= 0.3 is 24.7 Å². The SMILES string of the molecule is CC(O)CSCCCC(CC(F)(C(F)(F)F)C(F)(F)F)CC(F)(C(F)(F)F)C(F)(F)F.Cl. The van der Waals surface area contributed by atoms with Crippen LogP contribution in [0.1, 0.15) is 32.6 Å². The van der Waals surface area contributed by atoms with Gasteiger partial charge in [-0.2, -0.15) is 64.4 Å². The van der Waals surface area contributed by atoms with Crippen molar-refractivity contribution in [3.05, 3.63) is 0 Å². The number of aliphatic hydroxyl groups excluding tert-OH is 1. The van der Waals surface area contributed by atoms with Gasteiger partial charge in [-0.1, -0.05) is 0 Å². The molecule has 0 aliphatic carbocycles. The van der Waals surface area contributed by atoms with Crippen molar-refractivity contribution in [1.29, 1.82) is 0 Å². The second-order valence-electron chi connectivity index (χ2n) is 6.93. The van der Waals surface area contributed by atoms with Gasteiger partial charge in [-0.25, -0.2) is 8.78 Å². The molecule has 0 aliphatic rings. The Labute approximate surface area is 183 Å². The molecule has 1 N–H and O–H groups in total. The molecule has 0 saturated heterocycles. The number of hydrogen-bond acceptors (Lipinski definition) is 2. The molecule has 1 atom stereocenters. The van der Waals surface area contributed by atoms with E-state index in [1.807, 2.05) is 0 Å². The van der Waals surface area contributed by atoms with Crippen molar-refractivity contribution in [1.82, 2.24) is 0 Å². The molecule has 0 aromatic rings. The standard InChI is InChI=1S/C15H18F14OS.ClH/c1-8(30)7-31-4-2-3-9(5-10(16,12(18,19)20)13(21,22)23)6-11(17,14(24,25)26)15(27,28)29;/h8-9,30H,2-7H2,1H3;1H. The molecule has 0 rings (SSSR count). The van der Waals surface area contributed by atoms with E-state index in [2.05, 4.69) is 0 Å². The quantitative estimate of drug-likeness (QED) is 0.227. The second-order valence-corrected chi connectivity index (χ2v) is 8.08. The van der Waals surface area contributed by atoms with Crippen LogP contribution in [0.5, 0.6) is 0 Å². The highest BCUT2D eigenvalue weighted by atomic mass is 35.5. The lowest BCUT2D eigenvalue weighted by molar-refractivity contribution is -0.356. The summed E-state index contributed by atoms with van der Waals surface area (Å²) in [5, 5.41) is 9.00. The van der Waals surface area contributed by atoms with E-state index in [9.17, 15) is 61.5 Å². The molecule has 1 nitrogen and oxygen atoms in total. The number of alkyl halides is 14. The van der Waals surface area contributed by atoms with Crippen LogP contribution in [-0.2, 0) is 0 Å². The van der Waals surface area contributed by atoms with Gasteiger partial charge in [-0.15, -0.1) is 12.4 Å². The van der Waals surface area contributed by atoms with Crippen molar-refractivity contribution in [2.24, 2.45) is 5.92 Å². The van der Waals surface area contributed by atoms with Gasteiger partial charge in [0.1, 0.15) is 0 Å². The third-order valence-corrected chi connectivity index (χ3v) is 5.49. The van der Waals surface area contributed by atoms with Gasteiger partial charge in [0.15, 0.2) is 0 Å². The fraction of sp³-hybridized carbons (Fsp3) is 1.00. The average molecular weight is 549 g/mol. The minimum Gasteiger partial charge on any atom is -0.393 e. The Balaban J connectivity index is 0. The molecule has 0 fully saturated rings. The van der Waals surface area contributed by atoms with Crippen LogP contribution in [0.3, 0.4) is 0 Å². The summed E-state index contributed by atoms with van der Waals surface area (Å²) in [5.41, 5.74) is -12.3. The van der Waals surface area contributed by atoms with Gasteiger partial charge in [0.2, 0.25) is 0 Å². The predicted molar refractivity (Wildman–Crippen MR) is 90.1 cm³/mol. The largest absolute Gasteiger partial charge is 0.431 e. The first-order valence-corrected chi connectivity index (χ1v) is 9.55. The number of thioether (sulfide) groups is 1. The van der Waals surface area contributed by atoms with E-state index in [1.165, 1.54) is 6.92 Å². The first kappa shape index (κ1) is 33.8. The van der Waals surface area contributed by atoms with Gasteiger partial charge in [-0.05, 0) is 31.4 Å². The highest BCUT2D eigenvalue weighted by Crippen LogP contribution is 2.55. The van der Waals surface area contributed by atoms with Crippen molar-refractivity contribution in [2.75, 3.05) is 11.5 Å². The van der Waals surface area contributed by atoms with E-state index in [-0.39, 0.29) is 23.9 Å². The fourth-order valence-electron chi connectivity index (χ4n) is 2.58. The fourth-order valence-corrected chi connectivity index (χ4v) is 3.46. The second kappa shape index (κ2) is 11.4. The molecule has 0 amide bonds. The Morgan fingerprint density at radius 1 is 0.656 bits per heavy atom. The van der Waals surface area contributed by atoms with Crippen LogP contribution in [0, 0.1) is 5.92 Å². The van der Waals surface area contributed by atoms with Crippen molar-refractivity contribution < 1.29 is 66.6 Å². The Bertz CT molecular complexity index is 486. The van der Waals surface area contributed by atoms with Crippen molar-refractivity contribution >= 4 is 24.2 Å². The summed E-state index contributed by atoms with van der Waals surface area (Å²) in [7, 11) is 0. The highest BCUT2D eigenvalue weighted by Gasteiger charge is 2.75. The Kier molecular flexibility index (Phi) is 12.0. The van der Waals surface area contributed by atoms with Crippen molar-refractivity contribution in [3.63, 3.8) is 0 Å². The Morgan fingerprint density at radius 2 is 0.969 bits per heavy atom. The van der Waals surface area contributed by atoms with Crippen molar-refractivity contribution in [3.8, 4) is 0 Å². The number of hydrogen-bond donors (Lipinski definition) is 1. The van der Waals surface area contributed by atoms with E-state index in [0.717, 1.165) is 11.8 Å². The zero-order valence-corrected chi connectivity index (χ0v) is 17.6. The topological polar surface area (TPSA) is 20.2 Å². The molecular weight excluding hydrogens is 530 g/mol. The summed E-state index contributed by atoms with van der Waals surface area (Å²) >= 11 is 0.835. The zero-order valence-electron chi connectivity index (χ0n) is 16.0. The molecular formula is C15H19ClF14OS. The molecule has 32 heavy (non-hydrogen) atoms. The first-order valence-electron chi connectivity index (χ1n) is 8.40. The summed E-state index contributed by atoms with van der Waals surface area (Å²) in [6.07, 6.45) is -35.3. The summed E-state index contributed by atoms with van der Waals surface area (Å²) in [4.78, 5) is 0. The lowest BCUT2D eigenvalue weighted by Crippen LogP contribution is -2.57. The van der Waals surface area contributed by atoms with Crippen LogP contribution in [0.2, 0.25) is 0 Å². The third-order valence-electron chi connectivity index (χ3n) is 4.20. The van der Waals surface area contributed by atoms with Gasteiger partial charge in [-0.3, -0.25) is 0 Å². The van der Waals surface area contributed by atoms with E-state index >= 15 is 0 Å². The average Bonchev–Trinajstić information content (AvgIpc) is 2.49. The van der Waals surface area contributed by atoms with Crippen LogP contribution in [0.15, 0.2) is 0 Å². The van der Waals surface area contributed by atoms with Gasteiger partial charge in [0.25, 0.3) is 11.3 Å². The predicted octanol–water partition coefficient (Wildman–Crippen LogP) is 7.36. The molecule has 0 aromatic heterocycles. The molecule has 0 heterocycles. The monoisotopic (exact) mass is 548 g/mol. The molecule has 0 aliphatic heterocycles. The zero-order chi connectivity index (χ0) is 25.1. The summed E-state index contributed by atoms with van der Waals surface area (Å²) in [6.45, 7) is 1.30. The van der Waals surface area contributed by atoms with Crippen LogP contribution in [0.25, 0.3) is 0 Å². The first-order chi connectivity index (χ1) is 13.5. The van der Waals surface area contributed by atoms with E-state index in [0.29, 0.717) is 0 Å². The number of rotatable bonds is 10. The molecule has 1 unspecified atom stereocenters. The van der Waals surface area contributed by atoms with Gasteiger partial charge < -0.3 is 5.11 Å². The van der Waals surface area contributed by atoms with Crippen LogP contribution >= 0.6 is 24.2 Å². The number of halogens is 15. The summed E-state index contributed by atoms with van der Waals surface area (Å²) < 4.78 is 181. The maximum atomic E-state index is 13.9. The van der Waals surface area contributed by atoms with Gasteiger partial charge in [0, 0.05) is 18.6 Å².